The second-order valence-corrected chi connectivity index (χ2v) is 3.88. The van der Waals surface area contributed by atoms with Crippen molar-refractivity contribution in [2.75, 3.05) is 0 Å². The smallest absolute Gasteiger partial charge is 0.294 e. The molecular formula is C9H5BrN2O3. The van der Waals surface area contributed by atoms with Crippen LogP contribution in [0, 0.1) is 10.1 Å². The number of nitro groups is 1. The van der Waals surface area contributed by atoms with Crippen LogP contribution >= 0.6 is 15.9 Å². The molecule has 5 nitrogen and oxygen atoms in total. The van der Waals surface area contributed by atoms with Gasteiger partial charge >= 0.3 is 0 Å². The number of hydrogen-bond donors (Lipinski definition) is 1. The molecule has 76 valence electrons. The van der Waals surface area contributed by atoms with E-state index in [1.54, 1.807) is 6.07 Å². The van der Waals surface area contributed by atoms with Crippen LogP contribution in [-0.4, -0.2) is 16.2 Å². The zero-order valence-corrected chi connectivity index (χ0v) is 8.95. The van der Waals surface area contributed by atoms with E-state index in [1.165, 1.54) is 12.3 Å². The molecule has 0 amide bonds. The lowest BCUT2D eigenvalue weighted by atomic mass is 10.2. The molecule has 0 fully saturated rings. The topological polar surface area (TPSA) is 76.0 Å². The van der Waals surface area contributed by atoms with Crippen molar-refractivity contribution < 1.29 is 9.72 Å². The molecule has 0 atom stereocenters. The van der Waals surface area contributed by atoms with E-state index in [2.05, 4.69) is 20.9 Å². The minimum Gasteiger partial charge on any atom is -0.355 e. The van der Waals surface area contributed by atoms with Crippen molar-refractivity contribution in [2.24, 2.45) is 0 Å². The maximum atomic E-state index is 10.7. The van der Waals surface area contributed by atoms with E-state index in [4.69, 9.17) is 0 Å². The van der Waals surface area contributed by atoms with Gasteiger partial charge in [0.05, 0.1) is 4.92 Å². The standard InChI is InChI=1S/C9H5BrN2O3/c10-6-1-7-5(4-13)3-11-9(7)8(2-6)12(14)15/h1-4,11H. The normalized spacial score (nSPS) is 10.5. The van der Waals surface area contributed by atoms with Crippen molar-refractivity contribution in [3.63, 3.8) is 0 Å². The van der Waals surface area contributed by atoms with Crippen molar-refractivity contribution in [3.05, 3.63) is 38.5 Å². The van der Waals surface area contributed by atoms with Gasteiger partial charge in [-0.05, 0) is 6.07 Å². The van der Waals surface area contributed by atoms with Crippen LogP contribution in [0.1, 0.15) is 10.4 Å². The molecule has 0 aliphatic rings. The number of carbonyl (C=O) groups excluding carboxylic acids is 1. The molecule has 6 heteroatoms. The number of fused-ring (bicyclic) bond motifs is 1. The molecule has 0 bridgehead atoms. The molecule has 0 aliphatic carbocycles. The van der Waals surface area contributed by atoms with E-state index in [0.29, 0.717) is 27.2 Å². The number of nitro benzene ring substituents is 1. The maximum Gasteiger partial charge on any atom is 0.294 e. The summed E-state index contributed by atoms with van der Waals surface area (Å²) < 4.78 is 0.574. The molecule has 1 N–H and O–H groups in total. The van der Waals surface area contributed by atoms with Crippen LogP contribution in [0.25, 0.3) is 10.9 Å². The first kappa shape index (κ1) is 9.85. The summed E-state index contributed by atoms with van der Waals surface area (Å²) in [6.07, 6.45) is 2.12. The second-order valence-electron chi connectivity index (χ2n) is 2.97. The van der Waals surface area contributed by atoms with E-state index < -0.39 is 4.92 Å². The number of halogens is 1. The van der Waals surface area contributed by atoms with Crippen LogP contribution in [0.15, 0.2) is 22.8 Å². The van der Waals surface area contributed by atoms with Crippen molar-refractivity contribution >= 4 is 38.8 Å². The van der Waals surface area contributed by atoms with Crippen LogP contribution < -0.4 is 0 Å². The molecule has 15 heavy (non-hydrogen) atoms. The monoisotopic (exact) mass is 268 g/mol. The first-order chi connectivity index (χ1) is 7.13. The van der Waals surface area contributed by atoms with Gasteiger partial charge in [-0.1, -0.05) is 15.9 Å². The van der Waals surface area contributed by atoms with Crippen molar-refractivity contribution in [2.45, 2.75) is 0 Å². The Balaban J connectivity index is 2.88. The first-order valence-corrected chi connectivity index (χ1v) is 4.83. The number of nitrogens with zero attached hydrogens (tertiary/aromatic N) is 1. The average molecular weight is 269 g/mol. The molecule has 0 radical (unpaired) electrons. The molecule has 1 aromatic carbocycles. The Kier molecular flexibility index (Phi) is 2.28. The highest BCUT2D eigenvalue weighted by Crippen LogP contribution is 2.30. The average Bonchev–Trinajstić information content (AvgIpc) is 2.58. The number of H-pyrrole nitrogens is 1. The third-order valence-corrected chi connectivity index (χ3v) is 2.55. The van der Waals surface area contributed by atoms with Gasteiger partial charge in [-0.15, -0.1) is 0 Å². The summed E-state index contributed by atoms with van der Waals surface area (Å²) in [7, 11) is 0. The summed E-state index contributed by atoms with van der Waals surface area (Å²) in [5.41, 5.74) is 0.729. The van der Waals surface area contributed by atoms with E-state index in [9.17, 15) is 14.9 Å². The number of aromatic amines is 1. The Morgan fingerprint density at radius 2 is 2.20 bits per heavy atom. The van der Waals surface area contributed by atoms with Crippen molar-refractivity contribution in [1.82, 2.24) is 4.98 Å². The van der Waals surface area contributed by atoms with Gasteiger partial charge < -0.3 is 4.98 Å². The Hall–Kier alpha value is -1.69. The van der Waals surface area contributed by atoms with Gasteiger partial charge in [0.15, 0.2) is 6.29 Å². The van der Waals surface area contributed by atoms with Crippen LogP contribution in [0.5, 0.6) is 0 Å². The minimum atomic E-state index is -0.488. The molecule has 0 saturated carbocycles. The summed E-state index contributed by atoms with van der Waals surface area (Å²) in [5, 5.41) is 11.3. The van der Waals surface area contributed by atoms with Gasteiger partial charge in [0.1, 0.15) is 5.52 Å². The Morgan fingerprint density at radius 1 is 1.47 bits per heavy atom. The van der Waals surface area contributed by atoms with Gasteiger partial charge in [0.2, 0.25) is 0 Å². The number of nitrogens with one attached hydrogen (secondary N) is 1. The fraction of sp³-hybridized carbons (Fsp3) is 0. The molecule has 0 spiro atoms. The number of non-ortho nitro benzene ring substituents is 1. The van der Waals surface area contributed by atoms with Crippen molar-refractivity contribution in [3.8, 4) is 0 Å². The van der Waals surface area contributed by atoms with Gasteiger partial charge in [0, 0.05) is 27.7 Å². The van der Waals surface area contributed by atoms with Crippen LogP contribution in [-0.2, 0) is 0 Å². The Bertz CT molecular complexity index is 562. The quantitative estimate of drug-likeness (QED) is 0.517. The van der Waals surface area contributed by atoms with Crippen LogP contribution in [0.4, 0.5) is 5.69 Å². The molecule has 1 heterocycles. The minimum absolute atomic E-state index is 0.0486. The number of aromatic nitrogens is 1. The predicted molar refractivity (Wildman–Crippen MR) is 58.0 cm³/mol. The zero-order chi connectivity index (χ0) is 11.0. The molecule has 0 aliphatic heterocycles. The van der Waals surface area contributed by atoms with E-state index in [1.807, 2.05) is 0 Å². The summed E-state index contributed by atoms with van der Waals surface area (Å²) in [6, 6.07) is 3.07. The van der Waals surface area contributed by atoms with E-state index in [0.717, 1.165) is 0 Å². The molecule has 0 saturated heterocycles. The fourth-order valence-corrected chi connectivity index (χ4v) is 1.89. The number of aldehydes is 1. The Labute approximate surface area is 92.4 Å². The summed E-state index contributed by atoms with van der Waals surface area (Å²) in [5.74, 6) is 0. The maximum absolute atomic E-state index is 10.7. The van der Waals surface area contributed by atoms with Crippen LogP contribution in [0.3, 0.4) is 0 Å². The lowest BCUT2D eigenvalue weighted by molar-refractivity contribution is -0.383. The van der Waals surface area contributed by atoms with E-state index in [-0.39, 0.29) is 5.69 Å². The second kappa shape index (κ2) is 3.47. The summed E-state index contributed by atoms with van der Waals surface area (Å²) in [4.78, 5) is 23.6. The molecule has 2 aromatic rings. The first-order valence-electron chi connectivity index (χ1n) is 4.03. The summed E-state index contributed by atoms with van der Waals surface area (Å²) in [6.45, 7) is 0. The lowest BCUT2D eigenvalue weighted by Gasteiger charge is -1.96. The number of rotatable bonds is 2. The van der Waals surface area contributed by atoms with Gasteiger partial charge in [-0.2, -0.15) is 0 Å². The highest BCUT2D eigenvalue weighted by atomic mass is 79.9. The molecule has 1 aromatic heterocycles. The predicted octanol–water partition coefficient (Wildman–Crippen LogP) is 2.65. The number of hydrogen-bond acceptors (Lipinski definition) is 3. The number of carbonyl (C=O) groups is 1. The zero-order valence-electron chi connectivity index (χ0n) is 7.36. The summed E-state index contributed by atoms with van der Waals surface area (Å²) >= 11 is 3.17. The van der Waals surface area contributed by atoms with Crippen molar-refractivity contribution in [1.29, 1.82) is 0 Å². The van der Waals surface area contributed by atoms with Crippen LogP contribution in [0.2, 0.25) is 0 Å². The van der Waals surface area contributed by atoms with E-state index >= 15 is 0 Å². The van der Waals surface area contributed by atoms with Gasteiger partial charge in [0.25, 0.3) is 5.69 Å². The highest BCUT2D eigenvalue weighted by Gasteiger charge is 2.16. The number of benzene rings is 1. The largest absolute Gasteiger partial charge is 0.355 e. The molecular weight excluding hydrogens is 264 g/mol. The van der Waals surface area contributed by atoms with Gasteiger partial charge in [-0.3, -0.25) is 14.9 Å². The lowest BCUT2D eigenvalue weighted by Crippen LogP contribution is -1.89. The molecule has 2 rings (SSSR count). The Morgan fingerprint density at radius 3 is 2.80 bits per heavy atom. The third-order valence-electron chi connectivity index (χ3n) is 2.09. The highest BCUT2D eigenvalue weighted by molar-refractivity contribution is 9.10. The SMILES string of the molecule is O=Cc1c[nH]c2c([N+](=O)[O-])cc(Br)cc12. The van der Waals surface area contributed by atoms with Gasteiger partial charge in [-0.25, -0.2) is 0 Å². The fourth-order valence-electron chi connectivity index (χ4n) is 1.44. The third kappa shape index (κ3) is 1.52. The molecule has 0 unspecified atom stereocenters.